The summed E-state index contributed by atoms with van der Waals surface area (Å²) in [7, 11) is 5.33. The molecule has 0 aromatic rings. The number of aliphatic imine (C=N–C) groups is 1. The van der Waals surface area contributed by atoms with Crippen LogP contribution in [-0.2, 0) is 38.0 Å². The molecule has 3 saturated heterocycles. The molecule has 14 nitrogen and oxygen atoms in total. The minimum absolute atomic E-state index is 0.163. The first-order chi connectivity index (χ1) is 23.6. The normalized spacial score (nSPS) is 50.3. The number of hydrogen-bond donors (Lipinski definition) is 4. The summed E-state index contributed by atoms with van der Waals surface area (Å²) in [5.41, 5.74) is -3.91. The Labute approximate surface area is 304 Å². The number of carbonyl (C=O) groups is 1. The van der Waals surface area contributed by atoms with Crippen LogP contribution in [0.2, 0.25) is 0 Å². The van der Waals surface area contributed by atoms with Crippen molar-refractivity contribution in [2.75, 3.05) is 21.2 Å². The lowest BCUT2D eigenvalue weighted by Crippen LogP contribution is -2.60. The third-order valence-corrected chi connectivity index (χ3v) is 11.9. The van der Waals surface area contributed by atoms with E-state index in [4.69, 9.17) is 38.2 Å². The lowest BCUT2D eigenvalue weighted by Gasteiger charge is -2.48. The van der Waals surface area contributed by atoms with Crippen LogP contribution in [0, 0.1) is 17.8 Å². The summed E-state index contributed by atoms with van der Waals surface area (Å²) in [4.78, 5) is 20.9. The Morgan fingerprint density at radius 2 is 1.61 bits per heavy atom. The maximum atomic E-state index is 14.2. The topological polar surface area (TPSA) is 178 Å². The van der Waals surface area contributed by atoms with Crippen LogP contribution in [0.5, 0.6) is 0 Å². The molecular formula is C37H66N2O12. The van der Waals surface area contributed by atoms with Crippen molar-refractivity contribution in [3.8, 4) is 0 Å². The Kier molecular flexibility index (Phi) is 13.4. The summed E-state index contributed by atoms with van der Waals surface area (Å²) in [6.45, 7) is 17.8. The van der Waals surface area contributed by atoms with Crippen LogP contribution in [0.25, 0.3) is 0 Å². The molecule has 4 aliphatic rings. The second-order valence-electron chi connectivity index (χ2n) is 16.5. The van der Waals surface area contributed by atoms with Crippen molar-refractivity contribution >= 4 is 11.9 Å². The molecule has 0 spiro atoms. The first-order valence-corrected chi connectivity index (χ1v) is 18.7. The molecule has 0 aromatic carbocycles. The van der Waals surface area contributed by atoms with Crippen LogP contribution in [-0.4, -0.2) is 149 Å². The van der Waals surface area contributed by atoms with E-state index in [1.165, 1.54) is 14.0 Å². The summed E-state index contributed by atoms with van der Waals surface area (Å²) in [6, 6.07) is -1.04. The molecule has 4 heterocycles. The molecule has 296 valence electrons. The average Bonchev–Trinajstić information content (AvgIpc) is 3.35. The molecule has 4 rings (SSSR count). The fourth-order valence-corrected chi connectivity index (χ4v) is 8.61. The smallest absolute Gasteiger partial charge is 0.311 e. The molecule has 4 N–H and O–H groups in total. The Balaban J connectivity index is 1.85. The first kappa shape index (κ1) is 42.3. The van der Waals surface area contributed by atoms with Crippen LogP contribution in [0.1, 0.15) is 94.9 Å². The number of ether oxygens (including phenoxy) is 7. The van der Waals surface area contributed by atoms with E-state index in [0.717, 1.165) is 0 Å². The molecule has 0 amide bonds. The number of cyclic esters (lactones) is 1. The van der Waals surface area contributed by atoms with Gasteiger partial charge >= 0.3 is 5.97 Å². The molecule has 4 aliphatic heterocycles. The maximum absolute atomic E-state index is 14.2. The van der Waals surface area contributed by atoms with Crippen molar-refractivity contribution in [2.24, 2.45) is 22.7 Å². The quantitative estimate of drug-likeness (QED) is 0.281. The van der Waals surface area contributed by atoms with Gasteiger partial charge < -0.3 is 58.5 Å². The molecule has 51 heavy (non-hydrogen) atoms. The molecule has 0 unspecified atom stereocenters. The highest BCUT2D eigenvalue weighted by atomic mass is 16.7. The van der Waals surface area contributed by atoms with Crippen molar-refractivity contribution in [2.45, 2.75) is 185 Å². The highest BCUT2D eigenvalue weighted by molar-refractivity contribution is 5.81. The Hall–Kier alpha value is -1.46. The zero-order chi connectivity index (χ0) is 38.4. The third kappa shape index (κ3) is 8.60. The molecule has 2 bridgehead atoms. The summed E-state index contributed by atoms with van der Waals surface area (Å²) in [5, 5.41) is 45.5. The van der Waals surface area contributed by atoms with E-state index < -0.39 is 96.0 Å². The van der Waals surface area contributed by atoms with E-state index in [0.29, 0.717) is 18.7 Å². The van der Waals surface area contributed by atoms with Gasteiger partial charge in [0, 0.05) is 37.8 Å². The van der Waals surface area contributed by atoms with Gasteiger partial charge in [0.05, 0.1) is 35.9 Å². The Morgan fingerprint density at radius 1 is 0.961 bits per heavy atom. The highest BCUT2D eigenvalue weighted by Gasteiger charge is 2.56. The highest BCUT2D eigenvalue weighted by Crippen LogP contribution is 2.44. The fourth-order valence-electron chi connectivity index (χ4n) is 8.61. The zero-order valence-electron chi connectivity index (χ0n) is 32.9. The van der Waals surface area contributed by atoms with Gasteiger partial charge in [0.25, 0.3) is 0 Å². The Bertz CT molecular complexity index is 1220. The van der Waals surface area contributed by atoms with E-state index >= 15 is 0 Å². The molecule has 0 aromatic heterocycles. The standard InChI is InChI=1S/C37H66N2O12/c1-14-25-37(10,44)29(41)22(6)38-32-18(2)16-36(9,51-32)31(50-34-27(40)24(39(11)12)15-19(3)46-34)20(4)28(21(5)33(43)48-25)49-26-17-35(8,45-13)30(42)23(7)47-26/h18-31,34,40-42,44H,14-17H2,1-13H3/t18-,19+,20-,21+,22+,23+,24-,25+,26+,27+,28-,29+,30+,31+,34+,35-,36+,37+/m0/s1. The number of aliphatic hydroxyl groups excluding tert-OH is 3. The number of likely N-dealkylation sites (N-methyl/N-ethyl adjacent to an activating group) is 1. The van der Waals surface area contributed by atoms with E-state index in [2.05, 4.69) is 0 Å². The summed E-state index contributed by atoms with van der Waals surface area (Å²) < 4.78 is 44.5. The van der Waals surface area contributed by atoms with Crippen molar-refractivity contribution in [1.82, 2.24) is 4.90 Å². The third-order valence-electron chi connectivity index (χ3n) is 11.9. The van der Waals surface area contributed by atoms with Crippen molar-refractivity contribution in [3.63, 3.8) is 0 Å². The van der Waals surface area contributed by atoms with Gasteiger partial charge in [-0.25, -0.2) is 4.99 Å². The number of esters is 1. The second-order valence-corrected chi connectivity index (χ2v) is 16.5. The summed E-state index contributed by atoms with van der Waals surface area (Å²) >= 11 is 0. The lowest BCUT2D eigenvalue weighted by molar-refractivity contribution is -0.315. The zero-order valence-corrected chi connectivity index (χ0v) is 32.9. The number of rotatable bonds is 7. The van der Waals surface area contributed by atoms with Crippen molar-refractivity contribution in [1.29, 1.82) is 0 Å². The van der Waals surface area contributed by atoms with E-state index in [-0.39, 0.29) is 30.9 Å². The van der Waals surface area contributed by atoms with Gasteiger partial charge in [-0.3, -0.25) is 4.79 Å². The molecule has 0 saturated carbocycles. The molecule has 0 aliphatic carbocycles. The average molecular weight is 731 g/mol. The first-order valence-electron chi connectivity index (χ1n) is 18.7. The lowest BCUT2D eigenvalue weighted by atomic mass is 9.79. The van der Waals surface area contributed by atoms with Gasteiger partial charge in [-0.1, -0.05) is 20.8 Å². The largest absolute Gasteiger partial charge is 0.472 e. The number of hydrogen-bond acceptors (Lipinski definition) is 14. The number of aliphatic hydroxyl groups is 4. The molecular weight excluding hydrogens is 664 g/mol. The SMILES string of the molecule is CC[C@H]1OC(=O)[C@H](C)[C@@H](O[C@@H]2C[C@](C)(OC)[C@H](O)[C@@H](C)O2)[C@H](C)[C@@H](O[C@H]2O[C@H](C)C[C@H](N(C)C)[C@H]2O)[C@@]2(C)C[C@H](C)C(=N[C@H](C)[C@@H](O)[C@]1(C)O)O2. The van der Waals surface area contributed by atoms with Crippen LogP contribution >= 0.6 is 0 Å². The monoisotopic (exact) mass is 730 g/mol. The number of carbonyl (C=O) groups excluding carboxylic acids is 1. The van der Waals surface area contributed by atoms with Crippen LogP contribution in [0.15, 0.2) is 4.99 Å². The van der Waals surface area contributed by atoms with Crippen LogP contribution < -0.4 is 0 Å². The van der Waals surface area contributed by atoms with E-state index in [1.807, 2.05) is 46.7 Å². The molecule has 18 atom stereocenters. The summed E-state index contributed by atoms with van der Waals surface area (Å²) in [6.07, 6.45) is -7.53. The minimum Gasteiger partial charge on any atom is -0.472 e. The maximum Gasteiger partial charge on any atom is 0.311 e. The number of methoxy groups -OCH3 is 1. The second kappa shape index (κ2) is 16.1. The van der Waals surface area contributed by atoms with E-state index in [1.54, 1.807) is 34.6 Å². The van der Waals surface area contributed by atoms with Gasteiger partial charge in [-0.2, -0.15) is 0 Å². The molecule has 14 heteroatoms. The predicted octanol–water partition coefficient (Wildman–Crippen LogP) is 2.41. The molecule has 0 radical (unpaired) electrons. The van der Waals surface area contributed by atoms with Crippen LogP contribution in [0.3, 0.4) is 0 Å². The molecule has 3 fully saturated rings. The van der Waals surface area contributed by atoms with Crippen molar-refractivity contribution in [3.05, 3.63) is 0 Å². The minimum atomic E-state index is -1.84. The summed E-state index contributed by atoms with van der Waals surface area (Å²) in [5.74, 6) is -2.03. The number of nitrogens with zero attached hydrogens (tertiary/aromatic N) is 2. The predicted molar refractivity (Wildman–Crippen MR) is 188 cm³/mol. The Morgan fingerprint density at radius 3 is 2.20 bits per heavy atom. The van der Waals surface area contributed by atoms with Crippen molar-refractivity contribution < 1.29 is 58.4 Å². The van der Waals surface area contributed by atoms with Gasteiger partial charge in [0.1, 0.15) is 41.7 Å². The van der Waals surface area contributed by atoms with Gasteiger partial charge in [0.2, 0.25) is 0 Å². The van der Waals surface area contributed by atoms with Gasteiger partial charge in [0.15, 0.2) is 18.5 Å². The fraction of sp³-hybridized carbons (Fsp3) is 0.946. The van der Waals surface area contributed by atoms with E-state index in [9.17, 15) is 25.2 Å². The van der Waals surface area contributed by atoms with Gasteiger partial charge in [-0.15, -0.1) is 0 Å². The number of fused-ring (bicyclic) bond motifs is 2. The van der Waals surface area contributed by atoms with Gasteiger partial charge in [-0.05, 0) is 75.4 Å². The van der Waals surface area contributed by atoms with Crippen LogP contribution in [0.4, 0.5) is 0 Å².